The molecule has 5 rings (SSSR count). The summed E-state index contributed by atoms with van der Waals surface area (Å²) in [6, 6.07) is 3.33. The number of rotatable bonds is 3. The van der Waals surface area contributed by atoms with Crippen LogP contribution < -0.4 is 5.32 Å². The lowest BCUT2D eigenvalue weighted by atomic mass is 9.89. The van der Waals surface area contributed by atoms with Gasteiger partial charge in [0.1, 0.15) is 9.98 Å². The van der Waals surface area contributed by atoms with Gasteiger partial charge >= 0.3 is 0 Å². The van der Waals surface area contributed by atoms with Crippen LogP contribution in [0.5, 0.6) is 0 Å². The minimum Gasteiger partial charge on any atom is -0.382 e. The van der Waals surface area contributed by atoms with Gasteiger partial charge in [0.05, 0.1) is 13.2 Å². The standard InChI is InChI=1S/C20H26ClN3OS/c21-18-12-16(19-15-2-1-3-17(15)26-20(19)23-18)22-13-4-6-14(7-5-13)24-8-10-25-11-9-24/h12-14H,1-11H2,(H,22,23). The second kappa shape index (κ2) is 7.27. The summed E-state index contributed by atoms with van der Waals surface area (Å²) in [4.78, 5) is 9.86. The molecule has 2 aromatic rings. The monoisotopic (exact) mass is 391 g/mol. The number of pyridine rings is 1. The average Bonchev–Trinajstić information content (AvgIpc) is 3.23. The minimum absolute atomic E-state index is 0.547. The molecule has 0 spiro atoms. The summed E-state index contributed by atoms with van der Waals surface area (Å²) in [5, 5.41) is 5.81. The van der Waals surface area contributed by atoms with Crippen molar-refractivity contribution in [1.82, 2.24) is 9.88 Å². The summed E-state index contributed by atoms with van der Waals surface area (Å²) in [5.41, 5.74) is 2.74. The lowest BCUT2D eigenvalue weighted by molar-refractivity contribution is 0.00791. The van der Waals surface area contributed by atoms with Gasteiger partial charge in [-0.3, -0.25) is 4.90 Å². The summed E-state index contributed by atoms with van der Waals surface area (Å²) in [6.07, 6.45) is 8.70. The first kappa shape index (κ1) is 17.2. The maximum absolute atomic E-state index is 6.33. The van der Waals surface area contributed by atoms with E-state index in [1.165, 1.54) is 66.5 Å². The minimum atomic E-state index is 0.547. The molecule has 2 aliphatic carbocycles. The van der Waals surface area contributed by atoms with Crippen LogP contribution >= 0.6 is 22.9 Å². The third-order valence-corrected chi connectivity index (χ3v) is 7.64. The van der Waals surface area contributed by atoms with Crippen molar-refractivity contribution in [3.05, 3.63) is 21.7 Å². The van der Waals surface area contributed by atoms with Gasteiger partial charge in [-0.25, -0.2) is 4.98 Å². The summed E-state index contributed by atoms with van der Waals surface area (Å²) >= 11 is 8.17. The van der Waals surface area contributed by atoms with Crippen molar-refractivity contribution in [2.75, 3.05) is 31.6 Å². The molecule has 140 valence electrons. The number of hydrogen-bond donors (Lipinski definition) is 1. The normalized spacial score (nSPS) is 27.0. The van der Waals surface area contributed by atoms with Crippen molar-refractivity contribution in [3.63, 3.8) is 0 Å². The summed E-state index contributed by atoms with van der Waals surface area (Å²) < 4.78 is 5.50. The molecule has 1 N–H and O–H groups in total. The van der Waals surface area contributed by atoms with Gasteiger partial charge in [-0.15, -0.1) is 11.3 Å². The number of anilines is 1. The number of aryl methyl sites for hydroxylation is 2. The van der Waals surface area contributed by atoms with E-state index in [1.54, 1.807) is 0 Å². The van der Waals surface area contributed by atoms with Crippen LogP contribution in [0, 0.1) is 0 Å². The zero-order valence-corrected chi connectivity index (χ0v) is 16.7. The Morgan fingerprint density at radius 1 is 1.15 bits per heavy atom. The number of thiophene rings is 1. The fourth-order valence-corrected chi connectivity index (χ4v) is 6.46. The molecule has 2 aromatic heterocycles. The van der Waals surface area contributed by atoms with E-state index < -0.39 is 0 Å². The molecular weight excluding hydrogens is 366 g/mol. The second-order valence-electron chi connectivity index (χ2n) is 7.83. The summed E-state index contributed by atoms with van der Waals surface area (Å²) in [5.74, 6) is 0. The van der Waals surface area contributed by atoms with E-state index in [-0.39, 0.29) is 0 Å². The van der Waals surface area contributed by atoms with Crippen molar-refractivity contribution in [1.29, 1.82) is 0 Å². The van der Waals surface area contributed by atoms with Crippen molar-refractivity contribution >= 4 is 38.8 Å². The predicted octanol–water partition coefficient (Wildman–Crippen LogP) is 4.49. The smallest absolute Gasteiger partial charge is 0.132 e. The molecule has 0 radical (unpaired) electrons. The van der Waals surface area contributed by atoms with Crippen LogP contribution in [0.3, 0.4) is 0 Å². The van der Waals surface area contributed by atoms with Gasteiger partial charge in [-0.2, -0.15) is 0 Å². The maximum atomic E-state index is 6.33. The largest absolute Gasteiger partial charge is 0.382 e. The molecule has 2 fully saturated rings. The molecule has 0 amide bonds. The van der Waals surface area contributed by atoms with E-state index in [2.05, 4.69) is 15.2 Å². The number of aromatic nitrogens is 1. The highest BCUT2D eigenvalue weighted by Gasteiger charge is 2.28. The van der Waals surface area contributed by atoms with Crippen molar-refractivity contribution in [2.24, 2.45) is 0 Å². The molecule has 4 nitrogen and oxygen atoms in total. The first-order chi connectivity index (χ1) is 12.8. The number of ether oxygens (including phenoxy) is 1. The van der Waals surface area contributed by atoms with E-state index >= 15 is 0 Å². The number of fused-ring (bicyclic) bond motifs is 3. The molecule has 3 aliphatic rings. The van der Waals surface area contributed by atoms with Crippen LogP contribution in [0.4, 0.5) is 5.69 Å². The van der Waals surface area contributed by atoms with Crippen LogP contribution in [0.1, 0.15) is 42.5 Å². The zero-order chi connectivity index (χ0) is 17.5. The molecule has 6 heteroatoms. The Morgan fingerprint density at radius 3 is 2.77 bits per heavy atom. The van der Waals surface area contributed by atoms with E-state index in [1.807, 2.05) is 17.4 Å². The van der Waals surface area contributed by atoms with Crippen LogP contribution in [-0.4, -0.2) is 48.3 Å². The lowest BCUT2D eigenvalue weighted by Crippen LogP contribution is -2.46. The second-order valence-corrected chi connectivity index (χ2v) is 9.30. The van der Waals surface area contributed by atoms with Gasteiger partial charge in [-0.1, -0.05) is 11.6 Å². The Labute approximate surface area is 163 Å². The highest BCUT2D eigenvalue weighted by atomic mass is 35.5. The van der Waals surface area contributed by atoms with Gasteiger partial charge in [0.15, 0.2) is 0 Å². The van der Waals surface area contributed by atoms with Gasteiger partial charge in [0.2, 0.25) is 0 Å². The first-order valence-corrected chi connectivity index (χ1v) is 11.2. The van der Waals surface area contributed by atoms with Crippen molar-refractivity contribution in [3.8, 4) is 0 Å². The van der Waals surface area contributed by atoms with E-state index in [9.17, 15) is 0 Å². The summed E-state index contributed by atoms with van der Waals surface area (Å²) in [7, 11) is 0. The van der Waals surface area contributed by atoms with Gasteiger partial charge in [0, 0.05) is 41.1 Å². The molecule has 0 atom stereocenters. The highest BCUT2D eigenvalue weighted by molar-refractivity contribution is 7.19. The molecule has 3 heterocycles. The van der Waals surface area contributed by atoms with Crippen molar-refractivity contribution < 1.29 is 4.74 Å². The fourth-order valence-electron chi connectivity index (χ4n) is 4.93. The Hall–Kier alpha value is -0.880. The third-order valence-electron chi connectivity index (χ3n) is 6.26. The molecule has 0 unspecified atom stereocenters. The van der Waals surface area contributed by atoms with Crippen LogP contribution in [0.2, 0.25) is 5.15 Å². The number of halogens is 1. The Morgan fingerprint density at radius 2 is 1.96 bits per heavy atom. The third kappa shape index (κ3) is 3.24. The number of nitrogens with one attached hydrogen (secondary N) is 1. The molecule has 0 aromatic carbocycles. The zero-order valence-electron chi connectivity index (χ0n) is 15.1. The van der Waals surface area contributed by atoms with E-state index in [0.717, 1.165) is 37.2 Å². The van der Waals surface area contributed by atoms with Crippen LogP contribution in [0.25, 0.3) is 10.2 Å². The quantitative estimate of drug-likeness (QED) is 0.782. The van der Waals surface area contributed by atoms with Gasteiger partial charge in [-0.05, 0) is 56.6 Å². The Balaban J connectivity index is 1.31. The Bertz CT molecular complexity index is 794. The SMILES string of the molecule is Clc1cc(NC2CCC(N3CCOCC3)CC2)c2c3c(sc2n1)CCC3. The molecule has 26 heavy (non-hydrogen) atoms. The molecule has 1 saturated carbocycles. The highest BCUT2D eigenvalue weighted by Crippen LogP contribution is 2.41. The van der Waals surface area contributed by atoms with Crippen LogP contribution in [0.15, 0.2) is 6.07 Å². The molecule has 1 aliphatic heterocycles. The predicted molar refractivity (Wildman–Crippen MR) is 109 cm³/mol. The number of morpholine rings is 1. The number of hydrogen-bond acceptors (Lipinski definition) is 5. The maximum Gasteiger partial charge on any atom is 0.132 e. The Kier molecular flexibility index (Phi) is 4.82. The number of nitrogens with zero attached hydrogens (tertiary/aromatic N) is 2. The summed E-state index contributed by atoms with van der Waals surface area (Å²) in [6.45, 7) is 4.00. The lowest BCUT2D eigenvalue weighted by Gasteiger charge is -2.39. The van der Waals surface area contributed by atoms with Crippen LogP contribution in [-0.2, 0) is 17.6 Å². The average molecular weight is 392 g/mol. The van der Waals surface area contributed by atoms with Gasteiger partial charge < -0.3 is 10.1 Å². The molecule has 0 bridgehead atoms. The first-order valence-electron chi connectivity index (χ1n) is 9.97. The van der Waals surface area contributed by atoms with E-state index in [0.29, 0.717) is 11.2 Å². The molecular formula is C20H26ClN3OS. The molecule has 1 saturated heterocycles. The topological polar surface area (TPSA) is 37.4 Å². The fraction of sp³-hybridized carbons (Fsp3) is 0.650. The van der Waals surface area contributed by atoms with Crippen molar-refractivity contribution in [2.45, 2.75) is 57.0 Å². The van der Waals surface area contributed by atoms with E-state index in [4.69, 9.17) is 16.3 Å². The van der Waals surface area contributed by atoms with Gasteiger partial charge in [0.25, 0.3) is 0 Å².